The highest BCUT2D eigenvalue weighted by atomic mass is 32.2. The standard InChI is InChI=1S/C13H18N2OS/c1-4-17-13-7-5-6-12(11(13)8-14)16-10(2)9-15-3/h5-7,10,15H,4,9H2,1-3H3. The van der Waals surface area contributed by atoms with Crippen molar-refractivity contribution < 1.29 is 4.74 Å². The molecule has 1 rings (SSSR count). The van der Waals surface area contributed by atoms with Gasteiger partial charge in [0.25, 0.3) is 0 Å². The monoisotopic (exact) mass is 250 g/mol. The number of nitriles is 1. The SMILES string of the molecule is CCSc1cccc(OC(C)CNC)c1C#N. The highest BCUT2D eigenvalue weighted by molar-refractivity contribution is 7.99. The van der Waals surface area contributed by atoms with Crippen molar-refractivity contribution in [2.45, 2.75) is 24.8 Å². The van der Waals surface area contributed by atoms with E-state index in [1.165, 1.54) is 0 Å². The number of nitrogens with zero attached hydrogens (tertiary/aromatic N) is 1. The van der Waals surface area contributed by atoms with E-state index in [2.05, 4.69) is 18.3 Å². The molecule has 0 aromatic heterocycles. The molecule has 0 saturated heterocycles. The van der Waals surface area contributed by atoms with Crippen LogP contribution in [0.2, 0.25) is 0 Å². The van der Waals surface area contributed by atoms with Crippen LogP contribution in [0.15, 0.2) is 23.1 Å². The number of benzene rings is 1. The number of ether oxygens (including phenoxy) is 1. The Balaban J connectivity index is 2.91. The van der Waals surface area contributed by atoms with Gasteiger partial charge in [0.05, 0.1) is 0 Å². The molecule has 0 aliphatic carbocycles. The molecule has 0 aliphatic heterocycles. The second-order valence-corrected chi connectivity index (χ2v) is 4.97. The van der Waals surface area contributed by atoms with Gasteiger partial charge < -0.3 is 10.1 Å². The Morgan fingerprint density at radius 2 is 2.29 bits per heavy atom. The van der Waals surface area contributed by atoms with Crippen LogP contribution >= 0.6 is 11.8 Å². The number of nitrogens with one attached hydrogen (secondary N) is 1. The van der Waals surface area contributed by atoms with Crippen molar-refractivity contribution in [3.05, 3.63) is 23.8 Å². The molecule has 0 radical (unpaired) electrons. The number of thioether (sulfide) groups is 1. The zero-order valence-corrected chi connectivity index (χ0v) is 11.3. The molecule has 0 aliphatic rings. The normalized spacial score (nSPS) is 11.9. The molecule has 1 aromatic carbocycles. The molecule has 0 fully saturated rings. The third kappa shape index (κ3) is 3.95. The average Bonchev–Trinajstić information content (AvgIpc) is 2.30. The first kappa shape index (κ1) is 13.9. The van der Waals surface area contributed by atoms with Crippen molar-refractivity contribution in [1.29, 1.82) is 5.26 Å². The van der Waals surface area contributed by atoms with E-state index in [0.29, 0.717) is 11.3 Å². The third-order valence-corrected chi connectivity index (χ3v) is 3.16. The first-order valence-corrected chi connectivity index (χ1v) is 6.68. The second kappa shape index (κ2) is 7.21. The summed E-state index contributed by atoms with van der Waals surface area (Å²) in [5, 5.41) is 12.3. The number of likely N-dealkylation sites (N-methyl/N-ethyl adjacent to an activating group) is 1. The molecule has 0 amide bonds. The zero-order valence-electron chi connectivity index (χ0n) is 10.5. The molecular formula is C13H18N2OS. The van der Waals surface area contributed by atoms with Crippen LogP contribution in [-0.4, -0.2) is 25.4 Å². The predicted octanol–water partition coefficient (Wildman–Crippen LogP) is 2.66. The summed E-state index contributed by atoms with van der Waals surface area (Å²) in [6, 6.07) is 7.97. The van der Waals surface area contributed by atoms with Crippen molar-refractivity contribution in [2.75, 3.05) is 19.3 Å². The highest BCUT2D eigenvalue weighted by Crippen LogP contribution is 2.29. The minimum atomic E-state index is 0.0500. The molecule has 92 valence electrons. The Morgan fingerprint density at radius 3 is 2.88 bits per heavy atom. The first-order valence-electron chi connectivity index (χ1n) is 5.70. The maximum Gasteiger partial charge on any atom is 0.138 e. The lowest BCUT2D eigenvalue weighted by molar-refractivity contribution is 0.219. The van der Waals surface area contributed by atoms with E-state index in [1.54, 1.807) is 11.8 Å². The first-order chi connectivity index (χ1) is 8.22. The van der Waals surface area contributed by atoms with Crippen LogP contribution in [0, 0.1) is 11.3 Å². The summed E-state index contributed by atoms with van der Waals surface area (Å²) in [5.41, 5.74) is 0.641. The van der Waals surface area contributed by atoms with Crippen LogP contribution < -0.4 is 10.1 Å². The predicted molar refractivity (Wildman–Crippen MR) is 71.6 cm³/mol. The minimum absolute atomic E-state index is 0.0500. The van der Waals surface area contributed by atoms with Crippen molar-refractivity contribution >= 4 is 11.8 Å². The Morgan fingerprint density at radius 1 is 1.53 bits per heavy atom. The molecule has 4 heteroatoms. The van der Waals surface area contributed by atoms with Crippen molar-refractivity contribution in [3.8, 4) is 11.8 Å². The van der Waals surface area contributed by atoms with Gasteiger partial charge in [0, 0.05) is 11.4 Å². The summed E-state index contributed by atoms with van der Waals surface area (Å²) in [6.07, 6.45) is 0.0500. The second-order valence-electron chi connectivity index (χ2n) is 3.66. The van der Waals surface area contributed by atoms with Crippen LogP contribution in [0.25, 0.3) is 0 Å². The quantitative estimate of drug-likeness (QED) is 0.788. The molecule has 17 heavy (non-hydrogen) atoms. The summed E-state index contributed by atoms with van der Waals surface area (Å²) >= 11 is 1.66. The lowest BCUT2D eigenvalue weighted by Gasteiger charge is -2.16. The van der Waals surface area contributed by atoms with E-state index in [-0.39, 0.29) is 6.10 Å². The third-order valence-electron chi connectivity index (χ3n) is 2.22. The molecule has 1 atom stereocenters. The Hall–Kier alpha value is -1.18. The van der Waals surface area contributed by atoms with E-state index in [9.17, 15) is 5.26 Å². The molecule has 0 heterocycles. The molecule has 0 bridgehead atoms. The zero-order chi connectivity index (χ0) is 12.7. The van der Waals surface area contributed by atoms with E-state index >= 15 is 0 Å². The topological polar surface area (TPSA) is 45.0 Å². The van der Waals surface area contributed by atoms with Crippen LogP contribution in [0.5, 0.6) is 5.75 Å². The average molecular weight is 250 g/mol. The summed E-state index contributed by atoms with van der Waals surface area (Å²) in [4.78, 5) is 0.990. The van der Waals surface area contributed by atoms with E-state index in [0.717, 1.165) is 17.2 Å². The lowest BCUT2D eigenvalue weighted by Crippen LogP contribution is -2.26. The summed E-state index contributed by atoms with van der Waals surface area (Å²) in [7, 11) is 1.88. The van der Waals surface area contributed by atoms with E-state index in [4.69, 9.17) is 4.74 Å². The fourth-order valence-corrected chi connectivity index (χ4v) is 2.32. The van der Waals surface area contributed by atoms with Gasteiger partial charge >= 0.3 is 0 Å². The van der Waals surface area contributed by atoms with Gasteiger partial charge in [-0.25, -0.2) is 0 Å². The molecule has 1 aromatic rings. The van der Waals surface area contributed by atoms with Gasteiger partial charge in [0.1, 0.15) is 23.5 Å². The van der Waals surface area contributed by atoms with Crippen LogP contribution in [0.3, 0.4) is 0 Å². The summed E-state index contributed by atoms with van der Waals surface area (Å²) < 4.78 is 5.77. The maximum absolute atomic E-state index is 9.21. The molecule has 1 N–H and O–H groups in total. The van der Waals surface area contributed by atoms with Gasteiger partial charge in [-0.1, -0.05) is 13.0 Å². The molecule has 0 saturated carbocycles. The van der Waals surface area contributed by atoms with Crippen molar-refractivity contribution in [2.24, 2.45) is 0 Å². The van der Waals surface area contributed by atoms with Gasteiger partial charge in [-0.05, 0) is 31.9 Å². The molecular weight excluding hydrogens is 232 g/mol. The number of rotatable bonds is 6. The summed E-state index contributed by atoms with van der Waals surface area (Å²) in [5.74, 6) is 1.62. The van der Waals surface area contributed by atoms with Crippen molar-refractivity contribution in [3.63, 3.8) is 0 Å². The fourth-order valence-electron chi connectivity index (χ4n) is 1.54. The van der Waals surface area contributed by atoms with Gasteiger partial charge in [0.2, 0.25) is 0 Å². The van der Waals surface area contributed by atoms with E-state index < -0.39 is 0 Å². The Bertz CT molecular complexity index is 401. The van der Waals surface area contributed by atoms with Gasteiger partial charge in [0.15, 0.2) is 0 Å². The van der Waals surface area contributed by atoms with Crippen molar-refractivity contribution in [1.82, 2.24) is 5.32 Å². The van der Waals surface area contributed by atoms with E-state index in [1.807, 2.05) is 32.2 Å². The molecule has 0 spiro atoms. The fraction of sp³-hybridized carbons (Fsp3) is 0.462. The molecule has 1 unspecified atom stereocenters. The van der Waals surface area contributed by atoms with Gasteiger partial charge in [-0.3, -0.25) is 0 Å². The Labute approximate surface area is 107 Å². The number of hydrogen-bond acceptors (Lipinski definition) is 4. The Kier molecular flexibility index (Phi) is 5.88. The summed E-state index contributed by atoms with van der Waals surface area (Å²) in [6.45, 7) is 4.82. The maximum atomic E-state index is 9.21. The van der Waals surface area contributed by atoms with Gasteiger partial charge in [-0.15, -0.1) is 11.8 Å². The smallest absolute Gasteiger partial charge is 0.138 e. The minimum Gasteiger partial charge on any atom is -0.488 e. The van der Waals surface area contributed by atoms with Crippen LogP contribution in [0.1, 0.15) is 19.4 Å². The largest absolute Gasteiger partial charge is 0.488 e. The van der Waals surface area contributed by atoms with Crippen LogP contribution in [0.4, 0.5) is 0 Å². The highest BCUT2D eigenvalue weighted by Gasteiger charge is 2.11. The number of hydrogen-bond donors (Lipinski definition) is 1. The van der Waals surface area contributed by atoms with Gasteiger partial charge in [-0.2, -0.15) is 5.26 Å². The lowest BCUT2D eigenvalue weighted by atomic mass is 10.2. The molecule has 3 nitrogen and oxygen atoms in total. The van der Waals surface area contributed by atoms with Crippen LogP contribution in [-0.2, 0) is 0 Å².